The van der Waals surface area contributed by atoms with Gasteiger partial charge in [0.2, 0.25) is 0 Å². The number of likely N-dealkylation sites (tertiary alicyclic amines) is 1. The van der Waals surface area contributed by atoms with Crippen molar-refractivity contribution < 1.29 is 4.79 Å². The predicted molar refractivity (Wildman–Crippen MR) is 113 cm³/mol. The molecule has 1 aliphatic heterocycles. The number of nitrogens with zero attached hydrogens (tertiary/aromatic N) is 3. The number of aryl methyl sites for hydroxylation is 1. The highest BCUT2D eigenvalue weighted by Crippen LogP contribution is 2.25. The summed E-state index contributed by atoms with van der Waals surface area (Å²) in [5.41, 5.74) is 5.27. The van der Waals surface area contributed by atoms with Gasteiger partial charge in [0.25, 0.3) is 5.91 Å². The lowest BCUT2D eigenvalue weighted by Gasteiger charge is -2.25. The first kappa shape index (κ1) is 18.5. The van der Waals surface area contributed by atoms with Gasteiger partial charge in [-0.15, -0.1) is 0 Å². The largest absolute Gasteiger partial charge is 0.337 e. The van der Waals surface area contributed by atoms with Crippen LogP contribution in [0.4, 0.5) is 0 Å². The molecule has 0 aliphatic carbocycles. The molecule has 1 amide bonds. The summed E-state index contributed by atoms with van der Waals surface area (Å²) in [6.45, 7) is 3.81. The maximum atomic E-state index is 13.1. The molecule has 144 valence electrons. The van der Waals surface area contributed by atoms with Crippen LogP contribution >= 0.6 is 0 Å². The zero-order chi connectivity index (χ0) is 19.3. The van der Waals surface area contributed by atoms with Gasteiger partial charge in [-0.1, -0.05) is 55.7 Å². The van der Waals surface area contributed by atoms with E-state index in [1.165, 1.54) is 36.0 Å². The molecule has 0 spiro atoms. The van der Waals surface area contributed by atoms with Gasteiger partial charge >= 0.3 is 0 Å². The molecule has 1 aromatic heterocycles. The molecule has 0 atom stereocenters. The van der Waals surface area contributed by atoms with Gasteiger partial charge in [-0.3, -0.25) is 9.36 Å². The second-order valence-electron chi connectivity index (χ2n) is 7.57. The molecule has 0 unspecified atom stereocenters. The van der Waals surface area contributed by atoms with Crippen LogP contribution in [0, 0.1) is 6.92 Å². The molecule has 3 aromatic rings. The summed E-state index contributed by atoms with van der Waals surface area (Å²) < 4.78 is 1.91. The zero-order valence-electron chi connectivity index (χ0n) is 16.5. The Morgan fingerprint density at radius 1 is 0.893 bits per heavy atom. The highest BCUT2D eigenvalue weighted by Gasteiger charge is 2.20. The normalized spacial score (nSPS) is 15.1. The van der Waals surface area contributed by atoms with Gasteiger partial charge in [0, 0.05) is 18.8 Å². The molecule has 0 N–H and O–H groups in total. The van der Waals surface area contributed by atoms with Crippen molar-refractivity contribution in [2.45, 2.75) is 39.0 Å². The van der Waals surface area contributed by atoms with Crippen LogP contribution < -0.4 is 0 Å². The van der Waals surface area contributed by atoms with Gasteiger partial charge in [-0.2, -0.15) is 0 Å². The second kappa shape index (κ2) is 8.42. The first-order valence-corrected chi connectivity index (χ1v) is 10.2. The summed E-state index contributed by atoms with van der Waals surface area (Å²) in [7, 11) is 0. The Labute approximate surface area is 166 Å². The summed E-state index contributed by atoms with van der Waals surface area (Å²) in [6.07, 6.45) is 9.31. The molecule has 1 saturated heterocycles. The monoisotopic (exact) mass is 373 g/mol. The SMILES string of the molecule is Cc1ccccc1-c1ccc(-n2cncc2C(=O)N2CCCCCCC2)cc1. The number of carbonyl (C=O) groups is 1. The number of aromatic nitrogens is 2. The van der Waals surface area contributed by atoms with Gasteiger partial charge < -0.3 is 4.90 Å². The summed E-state index contributed by atoms with van der Waals surface area (Å²) >= 11 is 0. The molecule has 2 aromatic carbocycles. The second-order valence-corrected chi connectivity index (χ2v) is 7.57. The molecular formula is C24H27N3O. The van der Waals surface area contributed by atoms with Gasteiger partial charge in [0.05, 0.1) is 12.5 Å². The minimum atomic E-state index is 0.0855. The van der Waals surface area contributed by atoms with Crippen molar-refractivity contribution >= 4 is 5.91 Å². The van der Waals surface area contributed by atoms with E-state index in [-0.39, 0.29) is 5.91 Å². The number of rotatable bonds is 3. The van der Waals surface area contributed by atoms with Crippen molar-refractivity contribution in [1.29, 1.82) is 0 Å². The fourth-order valence-electron chi connectivity index (χ4n) is 3.97. The maximum absolute atomic E-state index is 13.1. The summed E-state index contributed by atoms with van der Waals surface area (Å²) in [5.74, 6) is 0.0855. The average molecular weight is 374 g/mol. The highest BCUT2D eigenvalue weighted by molar-refractivity contribution is 5.93. The van der Waals surface area contributed by atoms with Crippen LogP contribution in [0.15, 0.2) is 61.1 Å². The lowest BCUT2D eigenvalue weighted by atomic mass is 10.0. The molecule has 2 heterocycles. The first-order valence-electron chi connectivity index (χ1n) is 10.2. The van der Waals surface area contributed by atoms with E-state index < -0.39 is 0 Å². The Morgan fingerprint density at radius 2 is 1.57 bits per heavy atom. The molecule has 4 nitrogen and oxygen atoms in total. The molecule has 0 radical (unpaired) electrons. The van der Waals surface area contributed by atoms with Crippen molar-refractivity contribution in [3.8, 4) is 16.8 Å². The topological polar surface area (TPSA) is 38.1 Å². The van der Waals surface area contributed by atoms with Crippen LogP contribution in [-0.2, 0) is 0 Å². The van der Waals surface area contributed by atoms with Crippen LogP contribution in [0.2, 0.25) is 0 Å². The lowest BCUT2D eigenvalue weighted by Crippen LogP contribution is -2.34. The van der Waals surface area contributed by atoms with Crippen LogP contribution in [-0.4, -0.2) is 33.4 Å². The summed E-state index contributed by atoms with van der Waals surface area (Å²) in [4.78, 5) is 19.4. The number of imidazole rings is 1. The van der Waals surface area contributed by atoms with Crippen LogP contribution in [0.1, 0.15) is 48.2 Å². The number of hydrogen-bond donors (Lipinski definition) is 0. The van der Waals surface area contributed by atoms with Gasteiger partial charge in [-0.25, -0.2) is 4.98 Å². The quantitative estimate of drug-likeness (QED) is 0.628. The number of carbonyl (C=O) groups excluding carboxylic acids is 1. The highest BCUT2D eigenvalue weighted by atomic mass is 16.2. The fraction of sp³-hybridized carbons (Fsp3) is 0.333. The van der Waals surface area contributed by atoms with E-state index in [4.69, 9.17) is 0 Å². The van der Waals surface area contributed by atoms with Crippen molar-refractivity contribution in [3.05, 3.63) is 72.3 Å². The van der Waals surface area contributed by atoms with Gasteiger partial charge in [0.1, 0.15) is 5.69 Å². The number of amides is 1. The number of benzene rings is 2. The van der Waals surface area contributed by atoms with E-state index in [0.717, 1.165) is 31.6 Å². The average Bonchev–Trinajstić information content (AvgIpc) is 3.18. The maximum Gasteiger partial charge on any atom is 0.272 e. The van der Waals surface area contributed by atoms with Crippen LogP contribution in [0.25, 0.3) is 16.8 Å². The summed E-state index contributed by atoms with van der Waals surface area (Å²) in [6, 6.07) is 16.7. The van der Waals surface area contributed by atoms with E-state index in [0.29, 0.717) is 5.69 Å². The third kappa shape index (κ3) is 3.86. The Bertz CT molecular complexity index is 934. The standard InChI is InChI=1S/C24H27N3O/c1-19-9-5-6-10-22(19)20-11-13-21(14-12-20)27-18-25-17-23(27)24(28)26-15-7-3-2-4-8-16-26/h5-6,9-14,17-18H,2-4,7-8,15-16H2,1H3. The van der Waals surface area contributed by atoms with Crippen LogP contribution in [0.3, 0.4) is 0 Å². The molecule has 4 rings (SSSR count). The van der Waals surface area contributed by atoms with Crippen molar-refractivity contribution in [1.82, 2.24) is 14.5 Å². The molecule has 1 aliphatic rings. The first-order chi connectivity index (χ1) is 13.7. The van der Waals surface area contributed by atoms with E-state index in [1.807, 2.05) is 9.47 Å². The van der Waals surface area contributed by atoms with Gasteiger partial charge in [-0.05, 0) is 48.6 Å². The molecule has 0 saturated carbocycles. The molecule has 1 fully saturated rings. The Kier molecular flexibility index (Phi) is 5.56. The van der Waals surface area contributed by atoms with E-state index in [1.54, 1.807) is 12.5 Å². The lowest BCUT2D eigenvalue weighted by molar-refractivity contribution is 0.0734. The Balaban J connectivity index is 1.58. The molecule has 4 heteroatoms. The van der Waals surface area contributed by atoms with Crippen molar-refractivity contribution in [2.75, 3.05) is 13.1 Å². The summed E-state index contributed by atoms with van der Waals surface area (Å²) in [5, 5.41) is 0. The minimum Gasteiger partial charge on any atom is -0.337 e. The zero-order valence-corrected chi connectivity index (χ0v) is 16.5. The third-order valence-electron chi connectivity index (χ3n) is 5.60. The fourth-order valence-corrected chi connectivity index (χ4v) is 3.97. The molecule has 0 bridgehead atoms. The molecule has 28 heavy (non-hydrogen) atoms. The van der Waals surface area contributed by atoms with E-state index >= 15 is 0 Å². The van der Waals surface area contributed by atoms with Crippen molar-refractivity contribution in [2.24, 2.45) is 0 Å². The van der Waals surface area contributed by atoms with Crippen LogP contribution in [0.5, 0.6) is 0 Å². The van der Waals surface area contributed by atoms with Gasteiger partial charge in [0.15, 0.2) is 0 Å². The minimum absolute atomic E-state index is 0.0855. The van der Waals surface area contributed by atoms with E-state index in [2.05, 4.69) is 60.4 Å². The smallest absolute Gasteiger partial charge is 0.272 e. The van der Waals surface area contributed by atoms with E-state index in [9.17, 15) is 4.79 Å². The van der Waals surface area contributed by atoms with Crippen molar-refractivity contribution in [3.63, 3.8) is 0 Å². The third-order valence-corrected chi connectivity index (χ3v) is 5.60. The number of hydrogen-bond acceptors (Lipinski definition) is 2. The molecular weight excluding hydrogens is 346 g/mol. The predicted octanol–water partition coefficient (Wildman–Crippen LogP) is 5.25. The Morgan fingerprint density at radius 3 is 2.29 bits per heavy atom. The Hall–Kier alpha value is -2.88.